The van der Waals surface area contributed by atoms with Gasteiger partial charge < -0.3 is 10.6 Å². The van der Waals surface area contributed by atoms with Crippen LogP contribution in [0.25, 0.3) is 0 Å². The molecule has 0 bridgehead atoms. The Labute approximate surface area is 144 Å². The number of benzene rings is 2. The molecule has 0 aliphatic rings. The molecule has 0 aliphatic carbocycles. The molecule has 0 spiro atoms. The van der Waals surface area contributed by atoms with Gasteiger partial charge in [-0.1, -0.05) is 12.0 Å². The molecule has 2 aromatic carbocycles. The van der Waals surface area contributed by atoms with Crippen molar-refractivity contribution in [2.45, 2.75) is 6.92 Å². The van der Waals surface area contributed by atoms with Gasteiger partial charge in [0, 0.05) is 28.4 Å². The van der Waals surface area contributed by atoms with Gasteiger partial charge in [-0.15, -0.1) is 6.42 Å². The lowest BCUT2D eigenvalue weighted by Gasteiger charge is -2.08. The fourth-order valence-corrected chi connectivity index (χ4v) is 2.16. The molecule has 0 atom stereocenters. The van der Waals surface area contributed by atoms with Crippen LogP contribution in [-0.4, -0.2) is 23.3 Å². The zero-order valence-electron chi connectivity index (χ0n) is 13.4. The highest BCUT2D eigenvalue weighted by molar-refractivity contribution is 5.99. The quantitative estimate of drug-likeness (QED) is 0.496. The van der Waals surface area contributed by atoms with E-state index in [4.69, 9.17) is 6.42 Å². The number of anilines is 1. The van der Waals surface area contributed by atoms with Gasteiger partial charge >= 0.3 is 0 Å². The third-order valence-electron chi connectivity index (χ3n) is 3.38. The lowest BCUT2D eigenvalue weighted by Crippen LogP contribution is -2.32. The average Bonchev–Trinajstić information content (AvgIpc) is 2.59. The molecular formula is C18H15N3O4. The number of nitro benzene ring substituents is 1. The summed E-state index contributed by atoms with van der Waals surface area (Å²) in [4.78, 5) is 34.2. The third-order valence-corrected chi connectivity index (χ3v) is 3.38. The van der Waals surface area contributed by atoms with E-state index in [1.807, 2.05) is 0 Å². The van der Waals surface area contributed by atoms with Crippen LogP contribution in [0, 0.1) is 29.4 Å². The first-order chi connectivity index (χ1) is 11.9. The standard InChI is InChI=1S/C18H15N3O4/c1-3-13-5-4-6-15(10-13)20-17(22)11-19-18(23)14-7-8-16(21(24)25)12(2)9-14/h1,4-10H,11H2,2H3,(H,19,23)(H,20,22). The fourth-order valence-electron chi connectivity index (χ4n) is 2.16. The van der Waals surface area contributed by atoms with Gasteiger partial charge in [-0.05, 0) is 37.3 Å². The minimum absolute atomic E-state index is 0.0670. The number of aryl methyl sites for hydroxylation is 1. The second kappa shape index (κ2) is 7.75. The Hall–Kier alpha value is -3.66. The molecular weight excluding hydrogens is 322 g/mol. The number of amides is 2. The van der Waals surface area contributed by atoms with Crippen LogP contribution in [0.2, 0.25) is 0 Å². The highest BCUT2D eigenvalue weighted by Crippen LogP contribution is 2.18. The number of terminal acetylenes is 1. The van der Waals surface area contributed by atoms with Crippen molar-refractivity contribution in [3.05, 3.63) is 69.3 Å². The van der Waals surface area contributed by atoms with Crippen molar-refractivity contribution in [3.63, 3.8) is 0 Å². The van der Waals surface area contributed by atoms with Crippen LogP contribution in [0.5, 0.6) is 0 Å². The van der Waals surface area contributed by atoms with Gasteiger partial charge in [0.25, 0.3) is 11.6 Å². The average molecular weight is 337 g/mol. The Balaban J connectivity index is 1.95. The number of hydrogen-bond donors (Lipinski definition) is 2. The number of nitrogens with zero attached hydrogens (tertiary/aromatic N) is 1. The molecule has 2 N–H and O–H groups in total. The van der Waals surface area contributed by atoms with E-state index >= 15 is 0 Å². The summed E-state index contributed by atoms with van der Waals surface area (Å²) >= 11 is 0. The first-order valence-corrected chi connectivity index (χ1v) is 7.30. The summed E-state index contributed by atoms with van der Waals surface area (Å²) in [5.74, 6) is 1.55. The van der Waals surface area contributed by atoms with E-state index in [0.29, 0.717) is 16.8 Å². The summed E-state index contributed by atoms with van der Waals surface area (Å²) < 4.78 is 0. The molecule has 2 rings (SSSR count). The monoisotopic (exact) mass is 337 g/mol. The van der Waals surface area contributed by atoms with Crippen LogP contribution in [0.15, 0.2) is 42.5 Å². The van der Waals surface area contributed by atoms with Gasteiger partial charge in [-0.25, -0.2) is 0 Å². The smallest absolute Gasteiger partial charge is 0.272 e. The van der Waals surface area contributed by atoms with Gasteiger partial charge in [0.2, 0.25) is 5.91 Å². The second-order valence-corrected chi connectivity index (χ2v) is 5.21. The topological polar surface area (TPSA) is 101 Å². The van der Waals surface area contributed by atoms with Gasteiger partial charge in [0.05, 0.1) is 11.5 Å². The molecule has 7 nitrogen and oxygen atoms in total. The number of nitrogens with one attached hydrogen (secondary N) is 2. The Morgan fingerprint density at radius 3 is 2.64 bits per heavy atom. The zero-order valence-corrected chi connectivity index (χ0v) is 13.4. The van der Waals surface area contributed by atoms with E-state index in [2.05, 4.69) is 16.6 Å². The van der Waals surface area contributed by atoms with E-state index in [1.54, 1.807) is 31.2 Å². The van der Waals surface area contributed by atoms with Crippen molar-refractivity contribution < 1.29 is 14.5 Å². The SMILES string of the molecule is C#Cc1cccc(NC(=O)CNC(=O)c2ccc([N+](=O)[O-])c(C)c2)c1. The number of rotatable bonds is 5. The molecule has 0 heterocycles. The van der Waals surface area contributed by atoms with Gasteiger partial charge in [0.1, 0.15) is 0 Å². The minimum Gasteiger partial charge on any atom is -0.343 e. The van der Waals surface area contributed by atoms with E-state index in [0.717, 1.165) is 0 Å². The summed E-state index contributed by atoms with van der Waals surface area (Å²) in [6.45, 7) is 1.30. The second-order valence-electron chi connectivity index (χ2n) is 5.21. The van der Waals surface area contributed by atoms with Crippen molar-refractivity contribution in [3.8, 4) is 12.3 Å². The molecule has 7 heteroatoms. The van der Waals surface area contributed by atoms with Gasteiger partial charge in [0.15, 0.2) is 0 Å². The molecule has 0 aromatic heterocycles. The highest BCUT2D eigenvalue weighted by Gasteiger charge is 2.14. The van der Waals surface area contributed by atoms with E-state index in [-0.39, 0.29) is 17.8 Å². The van der Waals surface area contributed by atoms with Crippen LogP contribution in [0.1, 0.15) is 21.5 Å². The summed E-state index contributed by atoms with van der Waals surface area (Å²) in [6, 6.07) is 10.8. The number of carbonyl (C=O) groups is 2. The Bertz CT molecular complexity index is 884. The summed E-state index contributed by atoms with van der Waals surface area (Å²) in [5.41, 5.74) is 1.70. The van der Waals surface area contributed by atoms with Crippen molar-refractivity contribution in [2.75, 3.05) is 11.9 Å². The Morgan fingerprint density at radius 1 is 1.24 bits per heavy atom. The molecule has 0 saturated carbocycles. The van der Waals surface area contributed by atoms with Crippen molar-refractivity contribution in [2.24, 2.45) is 0 Å². The van der Waals surface area contributed by atoms with E-state index < -0.39 is 16.7 Å². The molecule has 2 amide bonds. The molecule has 0 unspecified atom stereocenters. The van der Waals surface area contributed by atoms with Crippen LogP contribution < -0.4 is 10.6 Å². The minimum atomic E-state index is -0.519. The van der Waals surface area contributed by atoms with E-state index in [9.17, 15) is 19.7 Å². The van der Waals surface area contributed by atoms with Crippen molar-refractivity contribution >= 4 is 23.2 Å². The van der Waals surface area contributed by atoms with Crippen LogP contribution in [-0.2, 0) is 4.79 Å². The number of carbonyl (C=O) groups excluding carboxylic acids is 2. The van der Waals surface area contributed by atoms with Crippen LogP contribution >= 0.6 is 0 Å². The lowest BCUT2D eigenvalue weighted by molar-refractivity contribution is -0.385. The summed E-state index contributed by atoms with van der Waals surface area (Å²) in [7, 11) is 0. The van der Waals surface area contributed by atoms with Crippen LogP contribution in [0.3, 0.4) is 0 Å². The van der Waals surface area contributed by atoms with Gasteiger partial charge in [-0.3, -0.25) is 19.7 Å². The molecule has 0 fully saturated rings. The molecule has 126 valence electrons. The maximum absolute atomic E-state index is 12.0. The predicted molar refractivity (Wildman–Crippen MR) is 93.2 cm³/mol. The first-order valence-electron chi connectivity index (χ1n) is 7.30. The lowest BCUT2D eigenvalue weighted by atomic mass is 10.1. The number of nitro groups is 1. The summed E-state index contributed by atoms with van der Waals surface area (Å²) in [6.07, 6.45) is 5.29. The molecule has 0 aliphatic heterocycles. The first kappa shape index (κ1) is 17.7. The van der Waals surface area contributed by atoms with Crippen molar-refractivity contribution in [1.82, 2.24) is 5.32 Å². The molecule has 2 aromatic rings. The normalized spacial score (nSPS) is 9.76. The molecule has 25 heavy (non-hydrogen) atoms. The third kappa shape index (κ3) is 4.65. The maximum atomic E-state index is 12.0. The predicted octanol–water partition coefficient (Wildman–Crippen LogP) is 2.25. The van der Waals surface area contributed by atoms with E-state index in [1.165, 1.54) is 18.2 Å². The highest BCUT2D eigenvalue weighted by atomic mass is 16.6. The molecule has 0 saturated heterocycles. The number of hydrogen-bond acceptors (Lipinski definition) is 4. The largest absolute Gasteiger partial charge is 0.343 e. The molecule has 0 radical (unpaired) electrons. The maximum Gasteiger partial charge on any atom is 0.272 e. The summed E-state index contributed by atoms with van der Waals surface area (Å²) in [5, 5.41) is 15.9. The Morgan fingerprint density at radius 2 is 2.00 bits per heavy atom. The van der Waals surface area contributed by atoms with Crippen LogP contribution in [0.4, 0.5) is 11.4 Å². The zero-order chi connectivity index (χ0) is 18.4. The fraction of sp³-hybridized carbons (Fsp3) is 0.111. The van der Waals surface area contributed by atoms with Gasteiger partial charge in [-0.2, -0.15) is 0 Å². The Kier molecular flexibility index (Phi) is 5.48. The van der Waals surface area contributed by atoms with Crippen molar-refractivity contribution in [1.29, 1.82) is 0 Å².